The molecule has 0 atom stereocenters. The molecule has 5 nitrogen and oxygen atoms in total. The van der Waals surface area contributed by atoms with Crippen molar-refractivity contribution in [3.8, 4) is 0 Å². The molecule has 0 spiro atoms. The fraction of sp³-hybridized carbons (Fsp3) is 0.909. The van der Waals surface area contributed by atoms with Gasteiger partial charge < -0.3 is 19.5 Å². The van der Waals surface area contributed by atoms with E-state index in [4.69, 9.17) is 14.2 Å². The summed E-state index contributed by atoms with van der Waals surface area (Å²) < 4.78 is 15.7. The Labute approximate surface area is 97.4 Å². The molecule has 0 rings (SSSR count). The molecule has 96 valence electrons. The summed E-state index contributed by atoms with van der Waals surface area (Å²) in [5.41, 5.74) is 0. The summed E-state index contributed by atoms with van der Waals surface area (Å²) >= 11 is 0. The molecule has 16 heavy (non-hydrogen) atoms. The van der Waals surface area contributed by atoms with Crippen LogP contribution in [-0.2, 0) is 19.0 Å². The zero-order valence-electron chi connectivity index (χ0n) is 10.5. The Balaban J connectivity index is 3.60. The van der Waals surface area contributed by atoms with Gasteiger partial charge in [-0.2, -0.15) is 0 Å². The molecule has 0 unspecified atom stereocenters. The van der Waals surface area contributed by atoms with Crippen LogP contribution in [0.15, 0.2) is 0 Å². The van der Waals surface area contributed by atoms with Crippen LogP contribution in [0.25, 0.3) is 0 Å². The van der Waals surface area contributed by atoms with Gasteiger partial charge in [-0.3, -0.25) is 4.79 Å². The van der Waals surface area contributed by atoms with Gasteiger partial charge in [0.05, 0.1) is 13.2 Å². The van der Waals surface area contributed by atoms with Gasteiger partial charge in [0.1, 0.15) is 0 Å². The first kappa shape index (κ1) is 15.3. The number of hydrogen-bond acceptors (Lipinski definition) is 4. The van der Waals surface area contributed by atoms with Gasteiger partial charge in [0, 0.05) is 26.2 Å². The Morgan fingerprint density at radius 1 is 1.12 bits per heavy atom. The monoisotopic (exact) mass is 233 g/mol. The number of amides is 1. The van der Waals surface area contributed by atoms with Crippen LogP contribution in [0.3, 0.4) is 0 Å². The largest absolute Gasteiger partial charge is 0.381 e. The molecule has 0 saturated heterocycles. The SMILES string of the molecule is CCOCCC(=O)NCC(OCC)OCC. The number of ether oxygens (including phenoxy) is 3. The van der Waals surface area contributed by atoms with Crippen molar-refractivity contribution in [2.75, 3.05) is 33.0 Å². The first-order chi connectivity index (χ1) is 7.74. The maximum Gasteiger partial charge on any atom is 0.222 e. The lowest BCUT2D eigenvalue weighted by Gasteiger charge is -2.17. The lowest BCUT2D eigenvalue weighted by atomic mass is 10.4. The van der Waals surface area contributed by atoms with Crippen LogP contribution in [0, 0.1) is 0 Å². The van der Waals surface area contributed by atoms with Crippen LogP contribution in [0.1, 0.15) is 27.2 Å². The molecule has 1 amide bonds. The van der Waals surface area contributed by atoms with Crippen LogP contribution in [-0.4, -0.2) is 45.2 Å². The normalized spacial score (nSPS) is 10.8. The molecule has 1 N–H and O–H groups in total. The number of rotatable bonds is 10. The van der Waals surface area contributed by atoms with Crippen LogP contribution in [0.2, 0.25) is 0 Å². The highest BCUT2D eigenvalue weighted by atomic mass is 16.7. The van der Waals surface area contributed by atoms with Gasteiger partial charge in [-0.15, -0.1) is 0 Å². The maximum absolute atomic E-state index is 11.3. The Hall–Kier alpha value is -0.650. The molecule has 0 radical (unpaired) electrons. The Kier molecular flexibility index (Phi) is 10.4. The van der Waals surface area contributed by atoms with Gasteiger partial charge in [-0.05, 0) is 20.8 Å². The number of nitrogens with one attached hydrogen (secondary N) is 1. The van der Waals surface area contributed by atoms with Crippen LogP contribution >= 0.6 is 0 Å². The fourth-order valence-electron chi connectivity index (χ4n) is 1.13. The van der Waals surface area contributed by atoms with E-state index in [-0.39, 0.29) is 12.2 Å². The molecule has 0 bridgehead atoms. The Morgan fingerprint density at radius 2 is 1.75 bits per heavy atom. The van der Waals surface area contributed by atoms with Crippen molar-refractivity contribution in [2.45, 2.75) is 33.5 Å². The van der Waals surface area contributed by atoms with Crippen LogP contribution in [0.4, 0.5) is 0 Å². The minimum atomic E-state index is -0.356. The highest BCUT2D eigenvalue weighted by molar-refractivity contribution is 5.75. The van der Waals surface area contributed by atoms with E-state index >= 15 is 0 Å². The van der Waals surface area contributed by atoms with Crippen molar-refractivity contribution in [1.29, 1.82) is 0 Å². The fourth-order valence-corrected chi connectivity index (χ4v) is 1.13. The zero-order valence-corrected chi connectivity index (χ0v) is 10.5. The summed E-state index contributed by atoms with van der Waals surface area (Å²) in [6, 6.07) is 0. The third kappa shape index (κ3) is 8.64. The lowest BCUT2D eigenvalue weighted by molar-refractivity contribution is -0.140. The topological polar surface area (TPSA) is 56.8 Å². The number of hydrogen-bond donors (Lipinski definition) is 1. The smallest absolute Gasteiger partial charge is 0.222 e. The predicted molar refractivity (Wildman–Crippen MR) is 61.2 cm³/mol. The molecular weight excluding hydrogens is 210 g/mol. The molecule has 0 aromatic rings. The van der Waals surface area contributed by atoms with E-state index in [0.29, 0.717) is 39.4 Å². The van der Waals surface area contributed by atoms with Crippen molar-refractivity contribution in [3.05, 3.63) is 0 Å². The summed E-state index contributed by atoms with van der Waals surface area (Å²) in [5.74, 6) is -0.0437. The van der Waals surface area contributed by atoms with E-state index in [0.717, 1.165) is 0 Å². The first-order valence-corrected chi connectivity index (χ1v) is 5.82. The van der Waals surface area contributed by atoms with Crippen molar-refractivity contribution in [2.24, 2.45) is 0 Å². The highest BCUT2D eigenvalue weighted by Gasteiger charge is 2.09. The first-order valence-electron chi connectivity index (χ1n) is 5.82. The van der Waals surface area contributed by atoms with E-state index in [9.17, 15) is 4.79 Å². The second kappa shape index (κ2) is 10.9. The Morgan fingerprint density at radius 3 is 2.25 bits per heavy atom. The molecule has 0 aromatic carbocycles. The average Bonchev–Trinajstić information content (AvgIpc) is 2.27. The van der Waals surface area contributed by atoms with Gasteiger partial charge in [0.15, 0.2) is 6.29 Å². The van der Waals surface area contributed by atoms with Crippen molar-refractivity contribution < 1.29 is 19.0 Å². The van der Waals surface area contributed by atoms with Gasteiger partial charge in [-0.1, -0.05) is 0 Å². The summed E-state index contributed by atoms with van der Waals surface area (Å²) in [7, 11) is 0. The molecular formula is C11H23NO4. The average molecular weight is 233 g/mol. The second-order valence-electron chi connectivity index (χ2n) is 3.09. The molecule has 0 aromatic heterocycles. The lowest BCUT2D eigenvalue weighted by Crippen LogP contribution is -2.35. The molecule has 0 aliphatic carbocycles. The summed E-state index contributed by atoms with van der Waals surface area (Å²) in [6.07, 6.45) is 0.0183. The van der Waals surface area contributed by atoms with Crippen LogP contribution in [0.5, 0.6) is 0 Å². The molecule has 0 fully saturated rings. The number of carbonyl (C=O) groups is 1. The number of carbonyl (C=O) groups excluding carboxylic acids is 1. The third-order valence-corrected chi connectivity index (χ3v) is 1.85. The molecule has 0 heterocycles. The summed E-state index contributed by atoms with van der Waals surface area (Å²) in [4.78, 5) is 11.3. The molecule has 0 aliphatic heterocycles. The van der Waals surface area contributed by atoms with Crippen LogP contribution < -0.4 is 5.32 Å². The van der Waals surface area contributed by atoms with E-state index in [1.54, 1.807) is 0 Å². The van der Waals surface area contributed by atoms with Gasteiger partial charge in [0.25, 0.3) is 0 Å². The maximum atomic E-state index is 11.3. The summed E-state index contributed by atoms with van der Waals surface area (Å²) in [5, 5.41) is 2.74. The molecule has 0 aliphatic rings. The van der Waals surface area contributed by atoms with Crippen molar-refractivity contribution in [1.82, 2.24) is 5.32 Å². The predicted octanol–water partition coefficient (Wildman–Crippen LogP) is 0.928. The summed E-state index contributed by atoms with van der Waals surface area (Å²) in [6.45, 7) is 8.29. The second-order valence-corrected chi connectivity index (χ2v) is 3.09. The van der Waals surface area contributed by atoms with Gasteiger partial charge in [-0.25, -0.2) is 0 Å². The standard InChI is InChI=1S/C11H23NO4/c1-4-14-8-7-10(13)12-9-11(15-5-2)16-6-3/h11H,4-9H2,1-3H3,(H,12,13). The van der Waals surface area contributed by atoms with Crippen molar-refractivity contribution >= 4 is 5.91 Å². The minimum absolute atomic E-state index is 0.0437. The minimum Gasteiger partial charge on any atom is -0.381 e. The van der Waals surface area contributed by atoms with E-state index in [1.165, 1.54) is 0 Å². The van der Waals surface area contributed by atoms with Gasteiger partial charge >= 0.3 is 0 Å². The third-order valence-electron chi connectivity index (χ3n) is 1.85. The molecule has 0 saturated carbocycles. The van der Waals surface area contributed by atoms with E-state index < -0.39 is 0 Å². The Bertz CT molecular complexity index is 169. The zero-order chi connectivity index (χ0) is 12.2. The van der Waals surface area contributed by atoms with E-state index in [1.807, 2.05) is 20.8 Å². The highest BCUT2D eigenvalue weighted by Crippen LogP contribution is 1.93. The van der Waals surface area contributed by atoms with E-state index in [2.05, 4.69) is 5.32 Å². The molecule has 5 heteroatoms. The van der Waals surface area contributed by atoms with Crippen molar-refractivity contribution in [3.63, 3.8) is 0 Å². The van der Waals surface area contributed by atoms with Gasteiger partial charge in [0.2, 0.25) is 5.91 Å². The quantitative estimate of drug-likeness (QED) is 0.450.